The SMILES string of the molecule is O=C(CCCCCCCCCC[C@H]1CCCO1)N1C[C@H]2C[C@@H](C1)c1cccc(=O)n1C2. The van der Waals surface area contributed by atoms with Crippen molar-refractivity contribution in [3.8, 4) is 0 Å². The zero-order chi connectivity index (χ0) is 21.5. The van der Waals surface area contributed by atoms with Crippen molar-refractivity contribution in [1.29, 1.82) is 0 Å². The van der Waals surface area contributed by atoms with E-state index < -0.39 is 0 Å². The van der Waals surface area contributed by atoms with E-state index >= 15 is 0 Å². The Bertz CT molecular complexity index is 768. The van der Waals surface area contributed by atoms with Crippen molar-refractivity contribution in [2.45, 2.75) is 102 Å². The van der Waals surface area contributed by atoms with Crippen LogP contribution < -0.4 is 5.56 Å². The number of carbonyl (C=O) groups is 1. The van der Waals surface area contributed by atoms with Gasteiger partial charge in [0.1, 0.15) is 0 Å². The summed E-state index contributed by atoms with van der Waals surface area (Å²) < 4.78 is 7.62. The topological polar surface area (TPSA) is 51.5 Å². The third-order valence-electron chi connectivity index (χ3n) is 7.52. The molecule has 0 unspecified atom stereocenters. The lowest BCUT2D eigenvalue weighted by Crippen LogP contribution is -2.49. The standard InChI is InChI=1S/C26H40N2O3/c29-25(14-8-6-4-2-1-3-5-7-11-23-12-10-16-31-23)27-18-21-17-22(20-27)24-13-9-15-26(30)28(24)19-21/h9,13,15,21-23H,1-8,10-12,14,16-20H2/t21-,22+,23+/m1/s1. The molecule has 31 heavy (non-hydrogen) atoms. The average molecular weight is 429 g/mol. The number of likely N-dealkylation sites (tertiary alicyclic amines) is 1. The highest BCUT2D eigenvalue weighted by Crippen LogP contribution is 2.35. The summed E-state index contributed by atoms with van der Waals surface area (Å²) in [5.41, 5.74) is 1.23. The first-order valence-electron chi connectivity index (χ1n) is 12.8. The van der Waals surface area contributed by atoms with E-state index in [2.05, 4.69) is 11.0 Å². The van der Waals surface area contributed by atoms with Crippen molar-refractivity contribution >= 4 is 5.91 Å². The van der Waals surface area contributed by atoms with Crippen LogP contribution in [0, 0.1) is 5.92 Å². The minimum atomic E-state index is 0.106. The molecule has 3 aliphatic rings. The van der Waals surface area contributed by atoms with Crippen molar-refractivity contribution in [3.05, 3.63) is 34.2 Å². The molecule has 1 amide bonds. The molecule has 4 rings (SSSR count). The molecule has 0 N–H and O–H groups in total. The maximum absolute atomic E-state index is 12.8. The van der Waals surface area contributed by atoms with Crippen LogP contribution in [0.3, 0.4) is 0 Å². The summed E-state index contributed by atoms with van der Waals surface area (Å²) in [5, 5.41) is 0. The van der Waals surface area contributed by atoms with Crippen LogP contribution in [0.2, 0.25) is 0 Å². The number of aromatic nitrogens is 1. The number of piperidine rings is 1. The van der Waals surface area contributed by atoms with Crippen LogP contribution in [0.15, 0.2) is 23.0 Å². The summed E-state index contributed by atoms with van der Waals surface area (Å²) in [6.07, 6.45) is 16.2. The third-order valence-corrected chi connectivity index (χ3v) is 7.52. The number of amides is 1. The van der Waals surface area contributed by atoms with E-state index in [0.717, 1.165) is 44.8 Å². The monoisotopic (exact) mass is 428 g/mol. The molecule has 172 valence electrons. The molecule has 0 spiro atoms. The van der Waals surface area contributed by atoms with Gasteiger partial charge in [-0.05, 0) is 44.1 Å². The Morgan fingerprint density at radius 3 is 2.52 bits per heavy atom. The van der Waals surface area contributed by atoms with Gasteiger partial charge in [0.05, 0.1) is 6.10 Å². The highest BCUT2D eigenvalue weighted by atomic mass is 16.5. The smallest absolute Gasteiger partial charge is 0.250 e. The molecule has 0 saturated carbocycles. The second-order valence-electron chi connectivity index (χ2n) is 10.00. The van der Waals surface area contributed by atoms with Crippen LogP contribution in [0.25, 0.3) is 0 Å². The van der Waals surface area contributed by atoms with Crippen LogP contribution in [0.1, 0.15) is 95.1 Å². The van der Waals surface area contributed by atoms with E-state index in [1.54, 1.807) is 6.07 Å². The molecule has 1 aromatic heterocycles. The van der Waals surface area contributed by atoms with Crippen LogP contribution in [-0.4, -0.2) is 41.2 Å². The number of hydrogen-bond acceptors (Lipinski definition) is 3. The van der Waals surface area contributed by atoms with Gasteiger partial charge in [-0.25, -0.2) is 0 Å². The van der Waals surface area contributed by atoms with Crippen LogP contribution in [-0.2, 0) is 16.1 Å². The van der Waals surface area contributed by atoms with Gasteiger partial charge in [0.15, 0.2) is 0 Å². The Labute approximate surface area is 187 Å². The predicted molar refractivity (Wildman–Crippen MR) is 123 cm³/mol. The van der Waals surface area contributed by atoms with Gasteiger partial charge in [-0.2, -0.15) is 0 Å². The molecule has 0 aromatic carbocycles. The molecule has 0 aliphatic carbocycles. The van der Waals surface area contributed by atoms with E-state index in [0.29, 0.717) is 30.3 Å². The van der Waals surface area contributed by atoms with Gasteiger partial charge in [0.25, 0.3) is 5.56 Å². The molecule has 1 aromatic rings. The summed E-state index contributed by atoms with van der Waals surface area (Å²) in [6.45, 7) is 3.34. The molecule has 5 heteroatoms. The predicted octanol–water partition coefficient (Wildman–Crippen LogP) is 4.87. The zero-order valence-corrected chi connectivity index (χ0v) is 19.1. The molecule has 2 fully saturated rings. The lowest BCUT2D eigenvalue weighted by molar-refractivity contribution is -0.134. The highest BCUT2D eigenvalue weighted by molar-refractivity contribution is 5.76. The minimum Gasteiger partial charge on any atom is -0.378 e. The maximum atomic E-state index is 12.8. The molecule has 3 atom stereocenters. The van der Waals surface area contributed by atoms with E-state index in [1.807, 2.05) is 10.6 Å². The summed E-state index contributed by atoms with van der Waals surface area (Å²) in [4.78, 5) is 27.0. The van der Waals surface area contributed by atoms with E-state index in [4.69, 9.17) is 4.74 Å². The van der Waals surface area contributed by atoms with Crippen LogP contribution in [0.4, 0.5) is 0 Å². The fourth-order valence-electron chi connectivity index (χ4n) is 5.84. The third kappa shape index (κ3) is 6.21. The quantitative estimate of drug-likeness (QED) is 0.472. The fourth-order valence-corrected chi connectivity index (χ4v) is 5.84. The molecule has 0 radical (unpaired) electrons. The number of nitrogens with zero attached hydrogens (tertiary/aromatic N) is 2. The summed E-state index contributed by atoms with van der Waals surface area (Å²) in [6, 6.07) is 5.58. The normalized spacial score (nSPS) is 24.9. The lowest BCUT2D eigenvalue weighted by atomic mass is 9.83. The first-order valence-corrected chi connectivity index (χ1v) is 12.8. The second-order valence-corrected chi connectivity index (χ2v) is 10.00. The van der Waals surface area contributed by atoms with E-state index in [-0.39, 0.29) is 5.56 Å². The van der Waals surface area contributed by atoms with Crippen molar-refractivity contribution in [2.75, 3.05) is 19.7 Å². The van der Waals surface area contributed by atoms with Gasteiger partial charge >= 0.3 is 0 Å². The number of carbonyl (C=O) groups excluding carboxylic acids is 1. The Kier molecular flexibility index (Phi) is 8.23. The first kappa shape index (κ1) is 22.6. The number of unbranched alkanes of at least 4 members (excludes halogenated alkanes) is 7. The molecule has 4 heterocycles. The Morgan fingerprint density at radius 2 is 1.74 bits per heavy atom. The van der Waals surface area contributed by atoms with E-state index in [9.17, 15) is 9.59 Å². The molecule has 3 aliphatic heterocycles. The van der Waals surface area contributed by atoms with Crippen molar-refractivity contribution < 1.29 is 9.53 Å². The molecule has 5 nitrogen and oxygen atoms in total. The Morgan fingerprint density at radius 1 is 0.968 bits per heavy atom. The van der Waals surface area contributed by atoms with Gasteiger partial charge in [-0.15, -0.1) is 0 Å². The maximum Gasteiger partial charge on any atom is 0.250 e. The minimum absolute atomic E-state index is 0.106. The number of fused-ring (bicyclic) bond motifs is 4. The number of hydrogen-bond donors (Lipinski definition) is 0. The number of rotatable bonds is 11. The van der Waals surface area contributed by atoms with Crippen LogP contribution >= 0.6 is 0 Å². The number of ether oxygens (including phenoxy) is 1. The molecular formula is C26H40N2O3. The van der Waals surface area contributed by atoms with Gasteiger partial charge in [-0.3, -0.25) is 9.59 Å². The molecule has 2 bridgehead atoms. The molecular weight excluding hydrogens is 388 g/mol. The summed E-state index contributed by atoms with van der Waals surface area (Å²) >= 11 is 0. The first-order chi connectivity index (χ1) is 15.2. The van der Waals surface area contributed by atoms with Gasteiger partial charge < -0.3 is 14.2 Å². The van der Waals surface area contributed by atoms with Crippen molar-refractivity contribution in [2.24, 2.45) is 5.92 Å². The Balaban J connectivity index is 1.06. The largest absolute Gasteiger partial charge is 0.378 e. The average Bonchev–Trinajstić information content (AvgIpc) is 3.29. The highest BCUT2D eigenvalue weighted by Gasteiger charge is 2.35. The lowest BCUT2D eigenvalue weighted by Gasteiger charge is -2.42. The van der Waals surface area contributed by atoms with Gasteiger partial charge in [-0.1, -0.05) is 51.0 Å². The second kappa shape index (κ2) is 11.3. The molecule has 2 saturated heterocycles. The van der Waals surface area contributed by atoms with Crippen molar-refractivity contribution in [1.82, 2.24) is 9.47 Å². The van der Waals surface area contributed by atoms with Gasteiger partial charge in [0.2, 0.25) is 5.91 Å². The summed E-state index contributed by atoms with van der Waals surface area (Å²) in [5.74, 6) is 1.07. The zero-order valence-electron chi connectivity index (χ0n) is 19.1. The van der Waals surface area contributed by atoms with Crippen molar-refractivity contribution in [3.63, 3.8) is 0 Å². The van der Waals surface area contributed by atoms with E-state index in [1.165, 1.54) is 64.2 Å². The summed E-state index contributed by atoms with van der Waals surface area (Å²) in [7, 11) is 0. The number of pyridine rings is 1. The fraction of sp³-hybridized carbons (Fsp3) is 0.769. The Hall–Kier alpha value is -1.62. The van der Waals surface area contributed by atoms with Gasteiger partial charge in [0, 0.05) is 50.3 Å². The van der Waals surface area contributed by atoms with Crippen LogP contribution in [0.5, 0.6) is 0 Å².